The zero-order valence-electron chi connectivity index (χ0n) is 11.4. The van der Waals surface area contributed by atoms with E-state index >= 15 is 0 Å². The van der Waals surface area contributed by atoms with Gasteiger partial charge in [0.15, 0.2) is 0 Å². The number of hydrogen-bond acceptors (Lipinski definition) is 3. The average Bonchev–Trinajstić information content (AvgIpc) is 2.30. The predicted molar refractivity (Wildman–Crippen MR) is 75.3 cm³/mol. The van der Waals surface area contributed by atoms with E-state index in [9.17, 15) is 13.2 Å². The SMILES string of the molecule is CCCC(C)C(=O)Nc1ccc(C)c(S(N)(=O)=O)c1. The van der Waals surface area contributed by atoms with Crippen LogP contribution >= 0.6 is 0 Å². The van der Waals surface area contributed by atoms with E-state index < -0.39 is 10.0 Å². The van der Waals surface area contributed by atoms with Crippen LogP contribution < -0.4 is 10.5 Å². The second-order valence-corrected chi connectivity index (χ2v) is 6.23. The number of sulfonamides is 1. The number of nitrogens with one attached hydrogen (secondary N) is 1. The Hall–Kier alpha value is -1.40. The number of nitrogens with two attached hydrogens (primary N) is 1. The Labute approximate surface area is 114 Å². The standard InChI is InChI=1S/C13H20N2O3S/c1-4-5-10(3)13(16)15-11-7-6-9(2)12(8-11)19(14,17)18/h6-8,10H,4-5H2,1-3H3,(H,15,16)(H2,14,17,18). The average molecular weight is 284 g/mol. The topological polar surface area (TPSA) is 89.3 Å². The number of hydrogen-bond donors (Lipinski definition) is 2. The lowest BCUT2D eigenvalue weighted by atomic mass is 10.1. The molecule has 1 amide bonds. The summed E-state index contributed by atoms with van der Waals surface area (Å²) in [5, 5.41) is 7.83. The molecule has 0 bridgehead atoms. The molecule has 19 heavy (non-hydrogen) atoms. The Kier molecular flexibility index (Phi) is 5.08. The molecule has 1 aromatic rings. The quantitative estimate of drug-likeness (QED) is 0.866. The highest BCUT2D eigenvalue weighted by Crippen LogP contribution is 2.20. The lowest BCUT2D eigenvalue weighted by Crippen LogP contribution is -2.21. The number of aryl methyl sites for hydroxylation is 1. The van der Waals surface area contributed by atoms with Gasteiger partial charge in [-0.1, -0.05) is 26.3 Å². The van der Waals surface area contributed by atoms with Crippen molar-refractivity contribution < 1.29 is 13.2 Å². The van der Waals surface area contributed by atoms with Crippen LogP contribution in [0.5, 0.6) is 0 Å². The molecule has 3 N–H and O–H groups in total. The van der Waals surface area contributed by atoms with Crippen LogP contribution in [0.4, 0.5) is 5.69 Å². The first kappa shape index (κ1) is 15.7. The Bertz CT molecular complexity index is 567. The number of rotatable bonds is 5. The zero-order valence-corrected chi connectivity index (χ0v) is 12.3. The molecule has 106 valence electrons. The maximum absolute atomic E-state index is 11.9. The summed E-state index contributed by atoms with van der Waals surface area (Å²) in [6.07, 6.45) is 1.71. The Morgan fingerprint density at radius 2 is 2.05 bits per heavy atom. The highest BCUT2D eigenvalue weighted by molar-refractivity contribution is 7.89. The molecule has 1 atom stereocenters. The molecule has 0 saturated heterocycles. The van der Waals surface area contributed by atoms with Crippen LogP contribution in [-0.4, -0.2) is 14.3 Å². The van der Waals surface area contributed by atoms with Crippen LogP contribution in [-0.2, 0) is 14.8 Å². The first-order valence-corrected chi connectivity index (χ1v) is 7.74. The molecule has 0 aliphatic carbocycles. The van der Waals surface area contributed by atoms with Crippen molar-refractivity contribution in [1.82, 2.24) is 0 Å². The fourth-order valence-corrected chi connectivity index (χ4v) is 2.62. The van der Waals surface area contributed by atoms with E-state index in [1.54, 1.807) is 19.1 Å². The summed E-state index contributed by atoms with van der Waals surface area (Å²) in [6, 6.07) is 4.68. The van der Waals surface area contributed by atoms with Gasteiger partial charge in [0.05, 0.1) is 4.90 Å². The summed E-state index contributed by atoms with van der Waals surface area (Å²) in [5.74, 6) is -0.227. The van der Waals surface area contributed by atoms with Gasteiger partial charge in [-0.15, -0.1) is 0 Å². The Morgan fingerprint density at radius 3 is 2.58 bits per heavy atom. The molecule has 0 spiro atoms. The number of benzene rings is 1. The lowest BCUT2D eigenvalue weighted by Gasteiger charge is -2.12. The zero-order chi connectivity index (χ0) is 14.6. The fourth-order valence-electron chi connectivity index (χ4n) is 1.81. The monoisotopic (exact) mass is 284 g/mol. The molecule has 1 unspecified atom stereocenters. The molecule has 5 nitrogen and oxygen atoms in total. The molecule has 0 aromatic heterocycles. The van der Waals surface area contributed by atoms with Crippen LogP contribution in [0.2, 0.25) is 0 Å². The minimum absolute atomic E-state index is 0.0356. The molecule has 0 heterocycles. The first-order valence-electron chi connectivity index (χ1n) is 6.20. The van der Waals surface area contributed by atoms with Crippen molar-refractivity contribution in [1.29, 1.82) is 0 Å². The molecular formula is C13H20N2O3S. The van der Waals surface area contributed by atoms with Crippen molar-refractivity contribution in [3.05, 3.63) is 23.8 Å². The van der Waals surface area contributed by atoms with Crippen molar-refractivity contribution in [3.63, 3.8) is 0 Å². The predicted octanol–water partition coefficient (Wildman–Crippen LogP) is 2.02. The van der Waals surface area contributed by atoms with Crippen LogP contribution in [0.3, 0.4) is 0 Å². The normalized spacial score (nSPS) is 13.1. The lowest BCUT2D eigenvalue weighted by molar-refractivity contribution is -0.119. The number of carbonyl (C=O) groups excluding carboxylic acids is 1. The fraction of sp³-hybridized carbons (Fsp3) is 0.462. The van der Waals surface area contributed by atoms with Gasteiger partial charge in [-0.25, -0.2) is 13.6 Å². The molecule has 0 aliphatic rings. The van der Waals surface area contributed by atoms with Crippen LogP contribution in [0.25, 0.3) is 0 Å². The van der Waals surface area contributed by atoms with Crippen LogP contribution in [0, 0.1) is 12.8 Å². The number of anilines is 1. The van der Waals surface area contributed by atoms with Gasteiger partial charge in [0, 0.05) is 11.6 Å². The Balaban J connectivity index is 2.95. The molecule has 0 fully saturated rings. The molecule has 0 aliphatic heterocycles. The van der Waals surface area contributed by atoms with Crippen molar-refractivity contribution in [3.8, 4) is 0 Å². The highest BCUT2D eigenvalue weighted by Gasteiger charge is 2.15. The summed E-state index contributed by atoms with van der Waals surface area (Å²) in [5.41, 5.74) is 1.00. The van der Waals surface area contributed by atoms with Gasteiger partial charge < -0.3 is 5.32 Å². The van der Waals surface area contributed by atoms with Gasteiger partial charge in [-0.3, -0.25) is 4.79 Å². The third-order valence-corrected chi connectivity index (χ3v) is 3.98. The third kappa shape index (κ3) is 4.33. The van der Waals surface area contributed by atoms with E-state index in [-0.39, 0.29) is 16.7 Å². The summed E-state index contributed by atoms with van der Waals surface area (Å²) in [4.78, 5) is 11.9. The summed E-state index contributed by atoms with van der Waals surface area (Å²) in [6.45, 7) is 5.51. The van der Waals surface area contributed by atoms with Crippen LogP contribution in [0.1, 0.15) is 32.3 Å². The molecule has 0 saturated carbocycles. The van der Waals surface area contributed by atoms with Gasteiger partial charge in [-0.2, -0.15) is 0 Å². The maximum Gasteiger partial charge on any atom is 0.238 e. The number of primary sulfonamides is 1. The van der Waals surface area contributed by atoms with Gasteiger partial charge >= 0.3 is 0 Å². The second-order valence-electron chi connectivity index (χ2n) is 4.70. The van der Waals surface area contributed by atoms with E-state index in [4.69, 9.17) is 5.14 Å². The first-order chi connectivity index (χ1) is 8.75. The van der Waals surface area contributed by atoms with Gasteiger partial charge in [0.25, 0.3) is 0 Å². The largest absolute Gasteiger partial charge is 0.326 e. The van der Waals surface area contributed by atoms with Crippen molar-refractivity contribution >= 4 is 21.6 Å². The molecule has 6 heteroatoms. The maximum atomic E-state index is 11.9. The van der Waals surface area contributed by atoms with E-state index in [0.717, 1.165) is 12.8 Å². The van der Waals surface area contributed by atoms with Gasteiger partial charge in [0.1, 0.15) is 0 Å². The number of amides is 1. The second kappa shape index (κ2) is 6.16. The summed E-state index contributed by atoms with van der Waals surface area (Å²) < 4.78 is 22.8. The van der Waals surface area contributed by atoms with Crippen molar-refractivity contribution in [2.45, 2.75) is 38.5 Å². The van der Waals surface area contributed by atoms with Gasteiger partial charge in [-0.05, 0) is 31.0 Å². The molecule has 1 rings (SSSR count). The minimum Gasteiger partial charge on any atom is -0.326 e. The van der Waals surface area contributed by atoms with Gasteiger partial charge in [0.2, 0.25) is 15.9 Å². The third-order valence-electron chi connectivity index (χ3n) is 2.93. The Morgan fingerprint density at radius 1 is 1.42 bits per heavy atom. The van der Waals surface area contributed by atoms with E-state index in [2.05, 4.69) is 5.32 Å². The van der Waals surface area contributed by atoms with Crippen molar-refractivity contribution in [2.24, 2.45) is 11.1 Å². The minimum atomic E-state index is -3.77. The smallest absolute Gasteiger partial charge is 0.238 e. The summed E-state index contributed by atoms with van der Waals surface area (Å²) >= 11 is 0. The van der Waals surface area contributed by atoms with E-state index in [1.165, 1.54) is 6.07 Å². The highest BCUT2D eigenvalue weighted by atomic mass is 32.2. The molecular weight excluding hydrogens is 264 g/mol. The van der Waals surface area contributed by atoms with E-state index in [0.29, 0.717) is 11.3 Å². The summed E-state index contributed by atoms with van der Waals surface area (Å²) in [7, 11) is -3.77. The van der Waals surface area contributed by atoms with Crippen molar-refractivity contribution in [2.75, 3.05) is 5.32 Å². The van der Waals surface area contributed by atoms with Crippen LogP contribution in [0.15, 0.2) is 23.1 Å². The molecule has 0 radical (unpaired) electrons. The van der Waals surface area contributed by atoms with E-state index in [1.807, 2.05) is 13.8 Å². The molecule has 1 aromatic carbocycles. The number of carbonyl (C=O) groups is 1.